The molecule has 23 heavy (non-hydrogen) atoms. The normalized spacial score (nSPS) is 18.5. The lowest BCUT2D eigenvalue weighted by molar-refractivity contribution is -0.133. The van der Waals surface area contributed by atoms with Crippen molar-refractivity contribution in [1.29, 1.82) is 0 Å². The number of carbonyl (C=O) groups excluding carboxylic acids is 1. The lowest BCUT2D eigenvalue weighted by atomic mass is 10.1. The fourth-order valence-corrected chi connectivity index (χ4v) is 3.54. The van der Waals surface area contributed by atoms with Crippen molar-refractivity contribution in [3.8, 4) is 0 Å². The standard InChI is InChI=1S/C14H15F2N5OS/c1-20-14(17-18-19-20)23-12-3-2-6-21(13(12)22)8-9-4-5-10(15)7-11(9)16/h4-5,7,12H,2-3,6,8H2,1H3/t12-/m1/s1. The van der Waals surface area contributed by atoms with Crippen molar-refractivity contribution >= 4 is 17.7 Å². The number of aromatic nitrogens is 4. The molecule has 1 fully saturated rings. The van der Waals surface area contributed by atoms with Gasteiger partial charge in [0.25, 0.3) is 0 Å². The number of rotatable bonds is 4. The van der Waals surface area contributed by atoms with Crippen molar-refractivity contribution in [2.24, 2.45) is 7.05 Å². The zero-order chi connectivity index (χ0) is 16.4. The molecular formula is C14H15F2N5OS. The molecule has 6 nitrogen and oxygen atoms in total. The average molecular weight is 339 g/mol. The minimum Gasteiger partial charge on any atom is -0.337 e. The Morgan fingerprint density at radius 2 is 2.22 bits per heavy atom. The van der Waals surface area contributed by atoms with Crippen LogP contribution in [0.1, 0.15) is 18.4 Å². The van der Waals surface area contributed by atoms with Crippen LogP contribution in [0.15, 0.2) is 23.4 Å². The highest BCUT2D eigenvalue weighted by Gasteiger charge is 2.31. The zero-order valence-electron chi connectivity index (χ0n) is 12.4. The molecule has 0 spiro atoms. The number of nitrogens with zero attached hydrogens (tertiary/aromatic N) is 5. The second-order valence-corrected chi connectivity index (χ2v) is 6.50. The van der Waals surface area contributed by atoms with E-state index in [1.807, 2.05) is 0 Å². The first-order chi connectivity index (χ1) is 11.0. The number of tetrazole rings is 1. The Hall–Kier alpha value is -2.03. The maximum Gasteiger partial charge on any atom is 0.236 e. The van der Waals surface area contributed by atoms with Gasteiger partial charge < -0.3 is 4.90 Å². The van der Waals surface area contributed by atoms with Gasteiger partial charge in [0.05, 0.1) is 5.25 Å². The van der Waals surface area contributed by atoms with Crippen LogP contribution >= 0.6 is 11.8 Å². The van der Waals surface area contributed by atoms with E-state index in [9.17, 15) is 13.6 Å². The maximum atomic E-state index is 13.8. The van der Waals surface area contributed by atoms with Crippen LogP contribution in [0, 0.1) is 11.6 Å². The average Bonchev–Trinajstić information content (AvgIpc) is 2.91. The Morgan fingerprint density at radius 3 is 2.91 bits per heavy atom. The number of hydrogen-bond acceptors (Lipinski definition) is 5. The van der Waals surface area contributed by atoms with E-state index < -0.39 is 11.6 Å². The van der Waals surface area contributed by atoms with Gasteiger partial charge in [-0.05, 0) is 29.3 Å². The summed E-state index contributed by atoms with van der Waals surface area (Å²) < 4.78 is 28.3. The zero-order valence-corrected chi connectivity index (χ0v) is 13.3. The molecule has 0 saturated carbocycles. The summed E-state index contributed by atoms with van der Waals surface area (Å²) in [4.78, 5) is 14.2. The SMILES string of the molecule is Cn1nnnc1S[C@@H]1CCCN(Cc2ccc(F)cc2F)C1=O. The number of amides is 1. The second kappa shape index (κ2) is 6.61. The van der Waals surface area contributed by atoms with Gasteiger partial charge in [0.2, 0.25) is 11.1 Å². The van der Waals surface area contributed by atoms with Crippen molar-refractivity contribution in [3.63, 3.8) is 0 Å². The fraction of sp³-hybridized carbons (Fsp3) is 0.429. The van der Waals surface area contributed by atoms with Gasteiger partial charge in [0.15, 0.2) is 0 Å². The van der Waals surface area contributed by atoms with Crippen LogP contribution in [0.5, 0.6) is 0 Å². The van der Waals surface area contributed by atoms with Gasteiger partial charge in [-0.3, -0.25) is 4.79 Å². The van der Waals surface area contributed by atoms with E-state index in [1.54, 1.807) is 11.9 Å². The molecular weight excluding hydrogens is 324 g/mol. The molecule has 1 atom stereocenters. The molecule has 122 valence electrons. The summed E-state index contributed by atoms with van der Waals surface area (Å²) in [7, 11) is 1.71. The van der Waals surface area contributed by atoms with Crippen LogP contribution in [0.2, 0.25) is 0 Å². The Morgan fingerprint density at radius 1 is 1.39 bits per heavy atom. The second-order valence-electron chi connectivity index (χ2n) is 5.33. The van der Waals surface area contributed by atoms with Crippen molar-refractivity contribution in [2.45, 2.75) is 29.8 Å². The molecule has 0 N–H and O–H groups in total. The molecule has 0 bridgehead atoms. The van der Waals surface area contributed by atoms with E-state index >= 15 is 0 Å². The molecule has 0 aliphatic carbocycles. The quantitative estimate of drug-likeness (QED) is 0.849. The van der Waals surface area contributed by atoms with Crippen LogP contribution in [0.25, 0.3) is 0 Å². The molecule has 0 unspecified atom stereocenters. The van der Waals surface area contributed by atoms with Crippen LogP contribution < -0.4 is 0 Å². The minimum absolute atomic E-state index is 0.0759. The lowest BCUT2D eigenvalue weighted by Gasteiger charge is -2.31. The summed E-state index contributed by atoms with van der Waals surface area (Å²) in [5.74, 6) is -1.34. The van der Waals surface area contributed by atoms with Crippen molar-refractivity contribution < 1.29 is 13.6 Å². The Kier molecular flexibility index (Phi) is 4.56. The van der Waals surface area contributed by atoms with E-state index in [4.69, 9.17) is 0 Å². The maximum absolute atomic E-state index is 13.8. The number of benzene rings is 1. The predicted molar refractivity (Wildman–Crippen MR) is 79.5 cm³/mol. The topological polar surface area (TPSA) is 63.9 Å². The van der Waals surface area contributed by atoms with Crippen molar-refractivity contribution in [3.05, 3.63) is 35.4 Å². The molecule has 3 rings (SSSR count). The fourth-order valence-electron chi connectivity index (χ4n) is 2.48. The summed E-state index contributed by atoms with van der Waals surface area (Å²) in [5.41, 5.74) is 0.311. The first-order valence-corrected chi connectivity index (χ1v) is 8.04. The number of piperidine rings is 1. The number of hydrogen-bond donors (Lipinski definition) is 0. The van der Waals surface area contributed by atoms with Gasteiger partial charge in [-0.25, -0.2) is 13.5 Å². The van der Waals surface area contributed by atoms with Gasteiger partial charge in [0.1, 0.15) is 11.6 Å². The Balaban J connectivity index is 1.71. The predicted octanol–water partition coefficient (Wildman–Crippen LogP) is 1.77. The van der Waals surface area contributed by atoms with E-state index in [2.05, 4.69) is 15.5 Å². The summed E-state index contributed by atoms with van der Waals surface area (Å²) in [5, 5.41) is 11.4. The first kappa shape index (κ1) is 15.9. The number of halogens is 2. The third-order valence-corrected chi connectivity index (χ3v) is 4.97. The molecule has 9 heteroatoms. The molecule has 1 aromatic carbocycles. The summed E-state index contributed by atoms with van der Waals surface area (Å²) in [6.07, 6.45) is 1.54. The number of thioether (sulfide) groups is 1. The number of aryl methyl sites for hydroxylation is 1. The number of likely N-dealkylation sites (tertiary alicyclic amines) is 1. The lowest BCUT2D eigenvalue weighted by Crippen LogP contribution is -2.42. The Labute approximate surface area is 135 Å². The molecule has 1 aliphatic heterocycles. The Bertz CT molecular complexity index is 723. The highest BCUT2D eigenvalue weighted by atomic mass is 32.2. The van der Waals surface area contributed by atoms with Crippen LogP contribution in [0.4, 0.5) is 8.78 Å². The largest absolute Gasteiger partial charge is 0.337 e. The van der Waals surface area contributed by atoms with Gasteiger partial charge in [-0.15, -0.1) is 5.10 Å². The first-order valence-electron chi connectivity index (χ1n) is 7.16. The monoisotopic (exact) mass is 339 g/mol. The van der Waals surface area contributed by atoms with Gasteiger partial charge >= 0.3 is 0 Å². The number of carbonyl (C=O) groups is 1. The van der Waals surface area contributed by atoms with Crippen molar-refractivity contribution in [1.82, 2.24) is 25.1 Å². The van der Waals surface area contributed by atoms with Gasteiger partial charge in [0, 0.05) is 31.8 Å². The highest BCUT2D eigenvalue weighted by Crippen LogP contribution is 2.29. The molecule has 0 radical (unpaired) electrons. The van der Waals surface area contributed by atoms with Crippen LogP contribution in [-0.2, 0) is 18.4 Å². The minimum atomic E-state index is -0.634. The molecule has 1 amide bonds. The van der Waals surface area contributed by atoms with Crippen LogP contribution in [-0.4, -0.2) is 42.8 Å². The summed E-state index contributed by atoms with van der Waals surface area (Å²) in [6, 6.07) is 3.41. The molecule has 2 aromatic rings. The van der Waals surface area contributed by atoms with Gasteiger partial charge in [-0.2, -0.15) is 0 Å². The highest BCUT2D eigenvalue weighted by molar-refractivity contribution is 8.00. The molecule has 2 heterocycles. The molecule has 1 saturated heterocycles. The van der Waals surface area contributed by atoms with E-state index in [-0.39, 0.29) is 17.7 Å². The van der Waals surface area contributed by atoms with E-state index in [1.165, 1.54) is 28.6 Å². The molecule has 1 aromatic heterocycles. The van der Waals surface area contributed by atoms with Gasteiger partial charge in [-0.1, -0.05) is 17.8 Å². The summed E-state index contributed by atoms with van der Waals surface area (Å²) in [6.45, 7) is 0.697. The summed E-state index contributed by atoms with van der Waals surface area (Å²) >= 11 is 1.31. The molecule has 1 aliphatic rings. The van der Waals surface area contributed by atoms with Crippen LogP contribution in [0.3, 0.4) is 0 Å². The third-order valence-electron chi connectivity index (χ3n) is 3.69. The van der Waals surface area contributed by atoms with E-state index in [0.29, 0.717) is 17.3 Å². The van der Waals surface area contributed by atoms with Crippen molar-refractivity contribution in [2.75, 3.05) is 6.54 Å². The smallest absolute Gasteiger partial charge is 0.236 e. The van der Waals surface area contributed by atoms with E-state index in [0.717, 1.165) is 18.9 Å². The third kappa shape index (κ3) is 3.49.